The van der Waals surface area contributed by atoms with Gasteiger partial charge in [-0.15, -0.1) is 0 Å². The molecule has 2 rings (SSSR count). The minimum Gasteiger partial charge on any atom is -0.264 e. The first-order valence-electron chi connectivity index (χ1n) is 5.55. The van der Waals surface area contributed by atoms with E-state index in [1.54, 1.807) is 0 Å². The molecule has 0 unspecified atom stereocenters. The Morgan fingerprint density at radius 3 is 2.29 bits per heavy atom. The van der Waals surface area contributed by atoms with Crippen molar-refractivity contribution in [3.8, 4) is 0 Å². The van der Waals surface area contributed by atoms with Crippen LogP contribution in [0.15, 0.2) is 0 Å². The summed E-state index contributed by atoms with van der Waals surface area (Å²) >= 11 is 0. The van der Waals surface area contributed by atoms with Crippen LogP contribution < -0.4 is 0 Å². The van der Waals surface area contributed by atoms with E-state index in [0.29, 0.717) is 11.8 Å². The molecule has 2 aliphatic rings. The molecule has 2 fully saturated rings. The van der Waals surface area contributed by atoms with E-state index in [-0.39, 0.29) is 11.0 Å². The summed E-state index contributed by atoms with van der Waals surface area (Å²) in [4.78, 5) is 10.9. The Bertz CT molecular complexity index is 261. The number of hydrogen-bond donors (Lipinski definition) is 0. The third-order valence-electron chi connectivity index (χ3n) is 4.15. The molecule has 0 heterocycles. The largest absolute Gasteiger partial charge is 0.264 e. The van der Waals surface area contributed by atoms with Crippen LogP contribution in [-0.2, 0) is 0 Å². The van der Waals surface area contributed by atoms with Crippen LogP contribution in [0.4, 0.5) is 0 Å². The Kier molecular flexibility index (Phi) is 2.21. The van der Waals surface area contributed by atoms with E-state index >= 15 is 0 Å². The van der Waals surface area contributed by atoms with E-state index in [4.69, 9.17) is 0 Å². The van der Waals surface area contributed by atoms with Crippen LogP contribution >= 0.6 is 0 Å². The molecule has 0 radical (unpaired) electrons. The van der Waals surface area contributed by atoms with Crippen LogP contribution in [-0.4, -0.2) is 19.0 Å². The Labute approximate surface area is 86.0 Å². The Morgan fingerprint density at radius 1 is 1.29 bits per heavy atom. The second-order valence-electron chi connectivity index (χ2n) is 5.98. The molecule has 2 bridgehead atoms. The van der Waals surface area contributed by atoms with Crippen molar-refractivity contribution in [2.24, 2.45) is 11.8 Å². The maximum atomic E-state index is 10.9. The highest BCUT2D eigenvalue weighted by Crippen LogP contribution is 2.57. The van der Waals surface area contributed by atoms with Gasteiger partial charge in [-0.1, -0.05) is 19.6 Å². The molecule has 0 aromatic heterocycles. The van der Waals surface area contributed by atoms with Gasteiger partial charge in [0.15, 0.2) is 0 Å². The lowest BCUT2D eigenvalue weighted by molar-refractivity contribution is -0.530. The molecule has 2 saturated carbocycles. The maximum Gasteiger partial charge on any atom is 0.216 e. The van der Waals surface area contributed by atoms with Gasteiger partial charge in [0.05, 0.1) is 0 Å². The number of fused-ring (bicyclic) bond motifs is 2. The van der Waals surface area contributed by atoms with Crippen LogP contribution in [0.25, 0.3) is 0 Å². The standard InChI is InChI=1S/C10H19NO2Si/c1-14(2,3)10-7-4-5-8(10)9(6-7)11(12)13/h7-10H,4-6H2,1-3H3/t7-,8-,9+,10-/m1/s1. The van der Waals surface area contributed by atoms with Crippen molar-refractivity contribution in [3.63, 3.8) is 0 Å². The number of nitrogens with zero attached hydrogens (tertiary/aromatic N) is 1. The monoisotopic (exact) mass is 213 g/mol. The summed E-state index contributed by atoms with van der Waals surface area (Å²) < 4.78 is 0. The van der Waals surface area contributed by atoms with E-state index in [9.17, 15) is 10.1 Å². The Morgan fingerprint density at radius 2 is 1.93 bits per heavy atom. The number of rotatable bonds is 2. The van der Waals surface area contributed by atoms with Gasteiger partial charge in [-0.25, -0.2) is 0 Å². The predicted octanol–water partition coefficient (Wildman–Crippen LogP) is 2.77. The zero-order valence-electron chi connectivity index (χ0n) is 9.19. The number of nitro groups is 1. The molecular weight excluding hydrogens is 194 g/mol. The summed E-state index contributed by atoms with van der Waals surface area (Å²) in [5, 5.41) is 10.9. The fourth-order valence-corrected chi connectivity index (χ4v) is 7.28. The molecule has 14 heavy (non-hydrogen) atoms. The second-order valence-corrected chi connectivity index (χ2v) is 11.4. The molecule has 0 aromatic carbocycles. The average Bonchev–Trinajstić information content (AvgIpc) is 2.57. The van der Waals surface area contributed by atoms with Gasteiger partial charge < -0.3 is 0 Å². The minimum atomic E-state index is -1.18. The lowest BCUT2D eigenvalue weighted by Gasteiger charge is -2.28. The zero-order chi connectivity index (χ0) is 10.5. The van der Waals surface area contributed by atoms with E-state index < -0.39 is 8.07 Å². The molecule has 0 aliphatic heterocycles. The van der Waals surface area contributed by atoms with E-state index in [1.807, 2.05) is 0 Å². The quantitative estimate of drug-likeness (QED) is 0.402. The van der Waals surface area contributed by atoms with Gasteiger partial charge in [0.2, 0.25) is 6.04 Å². The summed E-state index contributed by atoms with van der Waals surface area (Å²) in [5.74, 6) is 1.10. The Balaban J connectivity index is 2.20. The first kappa shape index (κ1) is 10.1. The highest BCUT2D eigenvalue weighted by Gasteiger charge is 2.57. The summed E-state index contributed by atoms with van der Waals surface area (Å²) in [5.41, 5.74) is 0.720. The van der Waals surface area contributed by atoms with Crippen LogP contribution in [0.2, 0.25) is 25.2 Å². The van der Waals surface area contributed by atoms with E-state index in [0.717, 1.165) is 18.4 Å². The Hall–Kier alpha value is -0.383. The molecule has 3 nitrogen and oxygen atoms in total. The van der Waals surface area contributed by atoms with Gasteiger partial charge in [0.25, 0.3) is 0 Å². The van der Waals surface area contributed by atoms with Gasteiger partial charge in [-0.3, -0.25) is 10.1 Å². The lowest BCUT2D eigenvalue weighted by Crippen LogP contribution is -2.34. The van der Waals surface area contributed by atoms with Crippen molar-refractivity contribution in [1.29, 1.82) is 0 Å². The molecule has 80 valence electrons. The van der Waals surface area contributed by atoms with Gasteiger partial charge in [0, 0.05) is 25.3 Å². The smallest absolute Gasteiger partial charge is 0.216 e. The van der Waals surface area contributed by atoms with E-state index in [1.165, 1.54) is 6.42 Å². The van der Waals surface area contributed by atoms with Crippen LogP contribution in [0.3, 0.4) is 0 Å². The fourth-order valence-electron chi connectivity index (χ4n) is 3.89. The van der Waals surface area contributed by atoms with Gasteiger partial charge in [-0.2, -0.15) is 0 Å². The third kappa shape index (κ3) is 1.40. The molecule has 0 saturated heterocycles. The third-order valence-corrected chi connectivity index (χ3v) is 7.05. The van der Waals surface area contributed by atoms with Gasteiger partial charge >= 0.3 is 0 Å². The number of hydrogen-bond acceptors (Lipinski definition) is 2. The highest BCUT2D eigenvalue weighted by molar-refractivity contribution is 6.77. The lowest BCUT2D eigenvalue weighted by atomic mass is 9.96. The maximum absolute atomic E-state index is 10.9. The van der Waals surface area contributed by atoms with Crippen LogP contribution in [0.1, 0.15) is 19.3 Å². The molecule has 0 spiro atoms. The molecule has 4 heteroatoms. The first-order valence-corrected chi connectivity index (χ1v) is 9.12. The SMILES string of the molecule is C[Si](C)(C)[C@@H]1[C@@H]2CC[C@@H]1[C@@H]([N+](=O)[O-])C2. The predicted molar refractivity (Wildman–Crippen MR) is 58.7 cm³/mol. The van der Waals surface area contributed by atoms with Crippen molar-refractivity contribution in [2.45, 2.75) is 50.5 Å². The average molecular weight is 213 g/mol. The summed E-state index contributed by atoms with van der Waals surface area (Å²) in [6.45, 7) is 7.10. The van der Waals surface area contributed by atoms with Crippen LogP contribution in [0.5, 0.6) is 0 Å². The molecule has 0 aromatic rings. The summed E-state index contributed by atoms with van der Waals surface area (Å²) in [7, 11) is -1.18. The zero-order valence-corrected chi connectivity index (χ0v) is 10.2. The highest BCUT2D eigenvalue weighted by atomic mass is 28.3. The van der Waals surface area contributed by atoms with Crippen molar-refractivity contribution in [3.05, 3.63) is 10.1 Å². The second kappa shape index (κ2) is 3.05. The molecular formula is C10H19NO2Si. The normalized spacial score (nSPS) is 41.6. The van der Waals surface area contributed by atoms with Crippen molar-refractivity contribution < 1.29 is 4.92 Å². The first-order chi connectivity index (χ1) is 6.41. The fraction of sp³-hybridized carbons (Fsp3) is 1.00. The van der Waals surface area contributed by atoms with Crippen LogP contribution in [0, 0.1) is 22.0 Å². The van der Waals surface area contributed by atoms with E-state index in [2.05, 4.69) is 19.6 Å². The van der Waals surface area contributed by atoms with Gasteiger partial charge in [0.1, 0.15) is 0 Å². The minimum absolute atomic E-state index is 0.0169. The van der Waals surface area contributed by atoms with Crippen molar-refractivity contribution in [1.82, 2.24) is 0 Å². The summed E-state index contributed by atoms with van der Waals surface area (Å²) in [6.07, 6.45) is 3.24. The van der Waals surface area contributed by atoms with Crippen molar-refractivity contribution >= 4 is 8.07 Å². The van der Waals surface area contributed by atoms with Gasteiger partial charge in [-0.05, 0) is 24.3 Å². The summed E-state index contributed by atoms with van der Waals surface area (Å²) in [6, 6.07) is -0.203. The molecule has 4 atom stereocenters. The topological polar surface area (TPSA) is 43.1 Å². The molecule has 0 amide bonds. The molecule has 2 aliphatic carbocycles. The van der Waals surface area contributed by atoms with Crippen molar-refractivity contribution in [2.75, 3.05) is 0 Å². The molecule has 0 N–H and O–H groups in total.